The fourth-order valence-electron chi connectivity index (χ4n) is 4.09. The number of aromatic nitrogens is 1. The monoisotopic (exact) mass is 451 g/mol. The van der Waals surface area contributed by atoms with Crippen molar-refractivity contribution in [3.8, 4) is 0 Å². The minimum Gasteiger partial charge on any atom is -0.475 e. The molecule has 5 aromatic rings. The first kappa shape index (κ1) is 21.2. The molecule has 0 aliphatic heterocycles. The molecule has 2 aromatic heterocycles. The van der Waals surface area contributed by atoms with Crippen molar-refractivity contribution in [2.75, 3.05) is 0 Å². The molecule has 0 saturated carbocycles. The third kappa shape index (κ3) is 4.31. The van der Waals surface area contributed by atoms with Crippen molar-refractivity contribution in [3.63, 3.8) is 0 Å². The Morgan fingerprint density at radius 2 is 1.71 bits per heavy atom. The lowest BCUT2D eigenvalue weighted by Crippen LogP contribution is -2.19. The lowest BCUT2D eigenvalue weighted by molar-refractivity contribution is -0.120. The van der Waals surface area contributed by atoms with E-state index < -0.39 is 5.97 Å². The Bertz CT molecular complexity index is 1540. The fraction of sp³-hybridized carbons (Fsp3) is 0.0741. The van der Waals surface area contributed by atoms with Crippen LogP contribution in [-0.4, -0.2) is 27.8 Å². The van der Waals surface area contributed by atoms with E-state index in [0.29, 0.717) is 12.3 Å². The molecule has 0 unspecified atom stereocenters. The van der Waals surface area contributed by atoms with Crippen LogP contribution in [0.2, 0.25) is 0 Å². The average molecular weight is 451 g/mol. The Labute approximate surface area is 194 Å². The number of fused-ring (bicyclic) bond motifs is 2. The molecule has 0 spiro atoms. The first-order valence-electron chi connectivity index (χ1n) is 10.8. The second-order valence-electron chi connectivity index (χ2n) is 7.91. The zero-order chi connectivity index (χ0) is 23.5. The summed E-state index contributed by atoms with van der Waals surface area (Å²) in [5.74, 6) is -0.865. The predicted molar refractivity (Wildman–Crippen MR) is 130 cm³/mol. The molecule has 0 bridgehead atoms. The van der Waals surface area contributed by atoms with Gasteiger partial charge >= 0.3 is 5.97 Å². The summed E-state index contributed by atoms with van der Waals surface area (Å²) in [6.45, 7) is 0.370. The van der Waals surface area contributed by atoms with Crippen molar-refractivity contribution in [1.82, 2.24) is 9.99 Å². The molecule has 7 nitrogen and oxygen atoms in total. The van der Waals surface area contributed by atoms with Crippen molar-refractivity contribution in [2.45, 2.75) is 13.0 Å². The number of carboxylic acid groups (broad SMARTS) is 1. The molecule has 3 aromatic carbocycles. The third-order valence-corrected chi connectivity index (χ3v) is 5.64. The van der Waals surface area contributed by atoms with E-state index >= 15 is 0 Å². The predicted octanol–water partition coefficient (Wildman–Crippen LogP) is 4.83. The van der Waals surface area contributed by atoms with Gasteiger partial charge in [0.15, 0.2) is 0 Å². The molecular weight excluding hydrogens is 430 g/mol. The van der Waals surface area contributed by atoms with Crippen LogP contribution in [0.3, 0.4) is 0 Å². The summed E-state index contributed by atoms with van der Waals surface area (Å²) in [5.41, 5.74) is 5.34. The zero-order valence-corrected chi connectivity index (χ0v) is 18.1. The summed E-state index contributed by atoms with van der Waals surface area (Å²) in [5, 5.41) is 16.4. The maximum absolute atomic E-state index is 12.5. The average Bonchev–Trinajstić information content (AvgIpc) is 3.45. The number of rotatable bonds is 7. The highest BCUT2D eigenvalue weighted by atomic mass is 16.4. The largest absolute Gasteiger partial charge is 0.475 e. The summed E-state index contributed by atoms with van der Waals surface area (Å²) in [6, 6.07) is 24.8. The molecule has 0 atom stereocenters. The van der Waals surface area contributed by atoms with Crippen molar-refractivity contribution < 1.29 is 19.1 Å². The van der Waals surface area contributed by atoms with Crippen LogP contribution in [-0.2, 0) is 17.8 Å². The van der Waals surface area contributed by atoms with Gasteiger partial charge in [-0.2, -0.15) is 5.10 Å². The van der Waals surface area contributed by atoms with Gasteiger partial charge in [-0.05, 0) is 34.5 Å². The Hall–Kier alpha value is -4.65. The van der Waals surface area contributed by atoms with Crippen molar-refractivity contribution >= 4 is 39.8 Å². The molecular formula is C27H21N3O4. The van der Waals surface area contributed by atoms with E-state index in [2.05, 4.69) is 10.5 Å². The van der Waals surface area contributed by atoms with E-state index in [1.165, 1.54) is 6.07 Å². The van der Waals surface area contributed by atoms with Crippen LogP contribution >= 0.6 is 0 Å². The van der Waals surface area contributed by atoms with E-state index in [1.807, 2.05) is 77.5 Å². The maximum Gasteiger partial charge on any atom is 0.371 e. The van der Waals surface area contributed by atoms with Crippen LogP contribution in [0.1, 0.15) is 27.4 Å². The smallest absolute Gasteiger partial charge is 0.371 e. The van der Waals surface area contributed by atoms with Crippen LogP contribution in [0.5, 0.6) is 0 Å². The second kappa shape index (κ2) is 9.07. The molecule has 168 valence electrons. The van der Waals surface area contributed by atoms with Gasteiger partial charge in [0.25, 0.3) is 0 Å². The van der Waals surface area contributed by atoms with Gasteiger partial charge in [0, 0.05) is 22.7 Å². The van der Waals surface area contributed by atoms with Crippen LogP contribution < -0.4 is 5.43 Å². The molecule has 5 rings (SSSR count). The van der Waals surface area contributed by atoms with Crippen LogP contribution in [0.25, 0.3) is 21.7 Å². The van der Waals surface area contributed by atoms with Crippen LogP contribution in [0, 0.1) is 0 Å². The summed E-state index contributed by atoms with van der Waals surface area (Å²) >= 11 is 0. The highest BCUT2D eigenvalue weighted by Gasteiger charge is 2.12. The van der Waals surface area contributed by atoms with E-state index in [9.17, 15) is 9.59 Å². The van der Waals surface area contributed by atoms with E-state index in [-0.39, 0.29) is 18.1 Å². The maximum atomic E-state index is 12.5. The number of hydrazone groups is 1. The number of aromatic carboxylic acids is 1. The molecule has 7 heteroatoms. The van der Waals surface area contributed by atoms with Gasteiger partial charge < -0.3 is 14.1 Å². The number of nitrogens with one attached hydrogen (secondary N) is 1. The van der Waals surface area contributed by atoms with Gasteiger partial charge in [-0.15, -0.1) is 0 Å². The number of para-hydroxylation sites is 1. The standard InChI is InChI=1S/C27H21N3O4/c31-26(14-19-8-5-7-18-6-1-2-9-22(18)19)29-28-15-20-16-30(24-11-4-3-10-23(20)24)17-21-12-13-25(34-21)27(32)33/h1-13,15-16H,14,17H2,(H,29,31)(H,32,33)/b28-15-. The number of benzene rings is 3. The van der Waals surface area contributed by atoms with Gasteiger partial charge in [0.1, 0.15) is 5.76 Å². The molecule has 0 aliphatic rings. The number of carbonyl (C=O) groups excluding carboxylic acids is 1. The van der Waals surface area contributed by atoms with Crippen LogP contribution in [0.15, 0.2) is 94.6 Å². The zero-order valence-electron chi connectivity index (χ0n) is 18.1. The first-order chi connectivity index (χ1) is 16.6. The Kier molecular flexibility index (Phi) is 5.66. The van der Waals surface area contributed by atoms with Crippen molar-refractivity contribution in [1.29, 1.82) is 0 Å². The number of carboxylic acids is 1. The van der Waals surface area contributed by atoms with Gasteiger partial charge in [0.05, 0.1) is 19.2 Å². The summed E-state index contributed by atoms with van der Waals surface area (Å²) in [4.78, 5) is 23.6. The summed E-state index contributed by atoms with van der Waals surface area (Å²) < 4.78 is 7.35. The molecule has 0 fully saturated rings. The molecule has 0 aliphatic carbocycles. The quantitative estimate of drug-likeness (QED) is 0.274. The van der Waals surface area contributed by atoms with Gasteiger partial charge in [0.2, 0.25) is 11.7 Å². The first-order valence-corrected chi connectivity index (χ1v) is 10.8. The van der Waals surface area contributed by atoms with Gasteiger partial charge in [-0.25, -0.2) is 10.2 Å². The normalized spacial score (nSPS) is 11.4. The third-order valence-electron chi connectivity index (χ3n) is 5.64. The lowest BCUT2D eigenvalue weighted by Gasteiger charge is -2.05. The molecule has 0 radical (unpaired) electrons. The second-order valence-corrected chi connectivity index (χ2v) is 7.91. The summed E-state index contributed by atoms with van der Waals surface area (Å²) in [7, 11) is 0. The molecule has 1 amide bonds. The van der Waals surface area contributed by atoms with E-state index in [1.54, 1.807) is 12.3 Å². The highest BCUT2D eigenvalue weighted by Crippen LogP contribution is 2.22. The molecule has 2 N–H and O–H groups in total. The topological polar surface area (TPSA) is 96.8 Å². The highest BCUT2D eigenvalue weighted by molar-refractivity contribution is 6.00. The number of furan rings is 1. The molecule has 34 heavy (non-hydrogen) atoms. The van der Waals surface area contributed by atoms with Crippen LogP contribution in [0.4, 0.5) is 0 Å². The van der Waals surface area contributed by atoms with Crippen molar-refractivity contribution in [3.05, 3.63) is 108 Å². The number of nitrogens with zero attached hydrogens (tertiary/aromatic N) is 2. The van der Waals surface area contributed by atoms with E-state index in [4.69, 9.17) is 9.52 Å². The SMILES string of the molecule is O=C(Cc1cccc2ccccc12)N/N=C\c1cn(Cc2ccc(C(=O)O)o2)c2ccccc12. The summed E-state index contributed by atoms with van der Waals surface area (Å²) in [6.07, 6.45) is 3.74. The van der Waals surface area contributed by atoms with Gasteiger partial charge in [-0.1, -0.05) is 60.7 Å². The minimum atomic E-state index is -1.10. The number of hydrogen-bond donors (Lipinski definition) is 2. The number of carbonyl (C=O) groups is 2. The Balaban J connectivity index is 1.32. The molecule has 0 saturated heterocycles. The number of amides is 1. The minimum absolute atomic E-state index is 0.0952. The van der Waals surface area contributed by atoms with E-state index in [0.717, 1.165) is 32.8 Å². The molecule has 2 heterocycles. The Morgan fingerprint density at radius 1 is 0.941 bits per heavy atom. The fourth-order valence-corrected chi connectivity index (χ4v) is 4.09. The number of hydrogen-bond acceptors (Lipinski definition) is 4. The lowest BCUT2D eigenvalue weighted by atomic mass is 10.0. The Morgan fingerprint density at radius 3 is 2.53 bits per heavy atom. The van der Waals surface area contributed by atoms with Crippen molar-refractivity contribution in [2.24, 2.45) is 5.10 Å². The van der Waals surface area contributed by atoms with Gasteiger partial charge in [-0.3, -0.25) is 4.79 Å².